The molecule has 1 aromatic carbocycles. The molecule has 0 fully saturated rings. The number of hydrogen-bond donors (Lipinski definition) is 0. The Hall–Kier alpha value is -1.43. The summed E-state index contributed by atoms with van der Waals surface area (Å²) in [5.41, 5.74) is 0.431. The fourth-order valence-corrected chi connectivity index (χ4v) is 11.0. The second-order valence-corrected chi connectivity index (χ2v) is 17.4. The van der Waals surface area contributed by atoms with Gasteiger partial charge in [-0.1, -0.05) is 0 Å². The zero-order valence-electron chi connectivity index (χ0n) is 19.8. The number of benzene rings is 1. The normalized spacial score (nSPS) is 13.1. The highest BCUT2D eigenvalue weighted by molar-refractivity contribution is 7.74. The molecule has 0 aromatic heterocycles. The van der Waals surface area contributed by atoms with Gasteiger partial charge in [0.2, 0.25) is 0 Å². The van der Waals surface area contributed by atoms with Crippen molar-refractivity contribution in [2.75, 3.05) is 28.4 Å². The fraction of sp³-hybridized carbons (Fsp3) is 0.611. The number of carbonyl (C=O) groups is 1. The van der Waals surface area contributed by atoms with E-state index in [1.165, 1.54) is 24.3 Å². The van der Waals surface area contributed by atoms with Crippen molar-refractivity contribution in [3.63, 3.8) is 0 Å². The van der Waals surface area contributed by atoms with Crippen LogP contribution in [0.5, 0.6) is 0 Å². The number of non-ortho nitro benzene ring substituents is 1. The lowest BCUT2D eigenvalue weighted by Crippen LogP contribution is -2.44. The van der Waals surface area contributed by atoms with E-state index in [2.05, 4.69) is 0 Å². The molecule has 0 aliphatic heterocycles. The van der Waals surface area contributed by atoms with Crippen molar-refractivity contribution < 1.29 is 46.1 Å². The van der Waals surface area contributed by atoms with E-state index in [4.69, 9.17) is 27.3 Å². The second-order valence-electron chi connectivity index (χ2n) is 7.77. The monoisotopic (exact) mass is 527 g/mol. The van der Waals surface area contributed by atoms with Gasteiger partial charge in [0.05, 0.1) is 4.92 Å². The number of hydrogen-bond acceptors (Lipinski definition) is 11. The number of carbonyl (C=O) groups excluding carboxylic acids is 1. The molecule has 0 saturated carbocycles. The first kappa shape index (κ1) is 29.6. The van der Waals surface area contributed by atoms with Crippen molar-refractivity contribution in [3.8, 4) is 0 Å². The first-order valence-corrected chi connectivity index (χ1v) is 16.2. The van der Waals surface area contributed by atoms with Gasteiger partial charge in [0, 0.05) is 53.4 Å². The van der Waals surface area contributed by atoms with Gasteiger partial charge in [-0.05, 0) is 37.3 Å². The summed E-state index contributed by atoms with van der Waals surface area (Å²) in [5.74, 6) is -0.727. The van der Waals surface area contributed by atoms with E-state index in [-0.39, 0.29) is 18.7 Å². The molecule has 0 bridgehead atoms. The topological polar surface area (TPSA) is 150 Å². The van der Waals surface area contributed by atoms with E-state index in [9.17, 15) is 24.0 Å². The summed E-state index contributed by atoms with van der Waals surface area (Å²) in [7, 11) is -6.77. The van der Waals surface area contributed by atoms with Crippen LogP contribution < -0.4 is 0 Å². The first-order chi connectivity index (χ1) is 15.2. The van der Waals surface area contributed by atoms with E-state index in [0.29, 0.717) is 5.56 Å². The van der Waals surface area contributed by atoms with E-state index in [1.54, 1.807) is 19.6 Å². The SMILES string of the molecule is COP(=O)(OC)C(CCC(=O)OCc1ccc([N+](=O)[O-])cc1)(O[Si](C)(C)C)P(=O)(OC)OC. The number of nitro groups is 1. The number of rotatable bonds is 14. The summed E-state index contributed by atoms with van der Waals surface area (Å²) in [5, 5.41) is 8.52. The highest BCUT2D eigenvalue weighted by Crippen LogP contribution is 2.79. The lowest BCUT2D eigenvalue weighted by Gasteiger charge is -2.43. The predicted molar refractivity (Wildman–Crippen MR) is 123 cm³/mol. The van der Waals surface area contributed by atoms with Crippen molar-refractivity contribution in [2.24, 2.45) is 0 Å². The molecule has 0 spiro atoms. The van der Waals surface area contributed by atoms with Gasteiger partial charge in [-0.15, -0.1) is 0 Å². The van der Waals surface area contributed by atoms with Crippen LogP contribution in [0.1, 0.15) is 18.4 Å². The molecule has 0 amide bonds. The van der Waals surface area contributed by atoms with Crippen LogP contribution >= 0.6 is 15.2 Å². The summed E-state index contributed by atoms with van der Waals surface area (Å²) in [6.45, 7) is 5.14. The Morgan fingerprint density at radius 1 is 0.970 bits per heavy atom. The zero-order valence-corrected chi connectivity index (χ0v) is 22.6. The Balaban J connectivity index is 3.19. The fourth-order valence-electron chi connectivity index (χ4n) is 3.01. The average Bonchev–Trinajstić information content (AvgIpc) is 2.78. The van der Waals surface area contributed by atoms with Crippen molar-refractivity contribution >= 4 is 35.2 Å². The van der Waals surface area contributed by atoms with Crippen LogP contribution in [0.2, 0.25) is 19.6 Å². The largest absolute Gasteiger partial charge is 0.461 e. The summed E-state index contributed by atoms with van der Waals surface area (Å²) >= 11 is 0. The van der Waals surface area contributed by atoms with E-state index in [0.717, 1.165) is 28.4 Å². The maximum atomic E-state index is 13.6. The molecule has 0 N–H and O–H groups in total. The van der Waals surface area contributed by atoms with Crippen LogP contribution in [-0.2, 0) is 47.8 Å². The van der Waals surface area contributed by atoms with Crippen LogP contribution in [0.15, 0.2) is 24.3 Å². The van der Waals surface area contributed by atoms with Gasteiger partial charge >= 0.3 is 21.2 Å². The van der Waals surface area contributed by atoms with E-state index in [1.807, 2.05) is 0 Å². The lowest BCUT2D eigenvalue weighted by atomic mass is 10.2. The second kappa shape index (κ2) is 11.8. The Labute approximate surface area is 194 Å². The molecule has 0 saturated heterocycles. The molecule has 15 heteroatoms. The molecule has 188 valence electrons. The van der Waals surface area contributed by atoms with Gasteiger partial charge < -0.3 is 27.3 Å². The van der Waals surface area contributed by atoms with E-state index < -0.39 is 45.9 Å². The molecule has 0 aliphatic carbocycles. The Morgan fingerprint density at radius 2 is 1.42 bits per heavy atom. The Morgan fingerprint density at radius 3 is 1.79 bits per heavy atom. The minimum atomic E-state index is -4.29. The van der Waals surface area contributed by atoms with Crippen LogP contribution in [-0.4, -0.2) is 52.7 Å². The quantitative estimate of drug-likeness (QED) is 0.107. The third-order valence-corrected chi connectivity index (χ3v) is 11.5. The molecular formula is C18H31NO11P2Si. The van der Waals surface area contributed by atoms with Crippen LogP contribution in [0.3, 0.4) is 0 Å². The highest BCUT2D eigenvalue weighted by atomic mass is 31.2. The molecule has 33 heavy (non-hydrogen) atoms. The molecular weight excluding hydrogens is 496 g/mol. The molecule has 0 atom stereocenters. The Bertz CT molecular complexity index is 875. The van der Waals surface area contributed by atoms with Gasteiger partial charge in [0.15, 0.2) is 8.32 Å². The minimum absolute atomic E-state index is 0.0943. The molecule has 1 aromatic rings. The van der Waals surface area contributed by atoms with Crippen molar-refractivity contribution in [1.29, 1.82) is 0 Å². The van der Waals surface area contributed by atoms with Crippen LogP contribution in [0.25, 0.3) is 0 Å². The molecule has 0 unspecified atom stereocenters. The smallest absolute Gasteiger partial charge is 0.373 e. The number of ether oxygens (including phenoxy) is 1. The molecule has 0 heterocycles. The van der Waals surface area contributed by atoms with Gasteiger partial charge in [0.25, 0.3) is 10.8 Å². The summed E-state index contributed by atoms with van der Waals surface area (Å²) < 4.78 is 59.1. The van der Waals surface area contributed by atoms with Crippen LogP contribution in [0.4, 0.5) is 5.69 Å². The maximum Gasteiger partial charge on any atom is 0.373 e. The lowest BCUT2D eigenvalue weighted by molar-refractivity contribution is -0.384. The first-order valence-electron chi connectivity index (χ1n) is 9.75. The molecule has 12 nitrogen and oxygen atoms in total. The molecule has 1 rings (SSSR count). The average molecular weight is 527 g/mol. The standard InChI is InChI=1S/C18H31NO11P2Si/c1-25-31(23,26-2)18(30-33(5,6)7,32(24,27-3)28-4)13-12-17(20)29-14-15-8-10-16(11-9-15)19(21)22/h8-11H,12-14H2,1-7H3. The predicted octanol–water partition coefficient (Wildman–Crippen LogP) is 4.90. The summed E-state index contributed by atoms with van der Waals surface area (Å²) in [4.78, 5) is 22.7. The van der Waals surface area contributed by atoms with Gasteiger partial charge in [0.1, 0.15) is 6.61 Å². The number of nitrogens with zero attached hydrogens (tertiary/aromatic N) is 1. The van der Waals surface area contributed by atoms with Gasteiger partial charge in [-0.3, -0.25) is 24.0 Å². The molecule has 0 radical (unpaired) electrons. The minimum Gasteiger partial charge on any atom is -0.461 e. The molecule has 0 aliphatic rings. The van der Waals surface area contributed by atoms with Gasteiger partial charge in [-0.25, -0.2) is 0 Å². The van der Waals surface area contributed by atoms with Crippen molar-refractivity contribution in [3.05, 3.63) is 39.9 Å². The zero-order chi connectivity index (χ0) is 25.5. The van der Waals surface area contributed by atoms with Crippen LogP contribution in [0, 0.1) is 10.1 Å². The van der Waals surface area contributed by atoms with Crippen molar-refractivity contribution in [2.45, 2.75) is 44.2 Å². The summed E-state index contributed by atoms with van der Waals surface area (Å²) in [6.07, 6.45) is -0.792. The van der Waals surface area contributed by atoms with Gasteiger partial charge in [-0.2, -0.15) is 0 Å². The summed E-state index contributed by atoms with van der Waals surface area (Å²) in [6, 6.07) is 5.49. The van der Waals surface area contributed by atoms with Crippen molar-refractivity contribution in [1.82, 2.24) is 0 Å². The number of esters is 1. The third-order valence-electron chi connectivity index (χ3n) is 4.49. The number of nitro benzene ring substituents is 1. The Kier molecular flexibility index (Phi) is 10.6. The van der Waals surface area contributed by atoms with E-state index >= 15 is 0 Å². The maximum absolute atomic E-state index is 13.6. The third kappa shape index (κ3) is 7.03. The highest BCUT2D eigenvalue weighted by Gasteiger charge is 2.67.